The number of allylic oxidation sites excluding steroid dienone is 4. The summed E-state index contributed by atoms with van der Waals surface area (Å²) in [5, 5.41) is 75.6. The Balaban J connectivity index is 2.46. The zero-order valence-electron chi connectivity index (χ0n) is 36.1. The fourth-order valence-corrected chi connectivity index (χ4v) is 7.32. The van der Waals surface area contributed by atoms with Crippen LogP contribution < -0.4 is 5.32 Å². The molecule has 0 bridgehead atoms. The molecule has 9 atom stereocenters. The first kappa shape index (κ1) is 53.6. The van der Waals surface area contributed by atoms with E-state index in [2.05, 4.69) is 43.5 Å². The third-order valence-electron chi connectivity index (χ3n) is 11.2. The smallest absolute Gasteiger partial charge is 0.249 e. The Hall–Kier alpha value is -1.41. The molecule has 1 aliphatic rings. The summed E-state index contributed by atoms with van der Waals surface area (Å²) in [7, 11) is 0. The molecular formula is C46H87NO10. The highest BCUT2D eigenvalue weighted by atomic mass is 16.7. The molecule has 9 unspecified atom stereocenters. The molecule has 1 fully saturated rings. The summed E-state index contributed by atoms with van der Waals surface area (Å²) >= 11 is 0. The number of nitrogens with one attached hydrogen (secondary N) is 1. The van der Waals surface area contributed by atoms with Gasteiger partial charge >= 0.3 is 0 Å². The quantitative estimate of drug-likeness (QED) is 0.0230. The average molecular weight is 814 g/mol. The first-order valence-electron chi connectivity index (χ1n) is 23.2. The van der Waals surface area contributed by atoms with E-state index in [0.29, 0.717) is 19.3 Å². The van der Waals surface area contributed by atoms with E-state index < -0.39 is 74.2 Å². The van der Waals surface area contributed by atoms with Crippen LogP contribution in [0.15, 0.2) is 24.3 Å². The molecule has 11 heteroatoms. The number of hydrogen-bond donors (Lipinski definition) is 8. The Morgan fingerprint density at radius 2 is 1.05 bits per heavy atom. The first-order valence-corrected chi connectivity index (χ1v) is 23.2. The van der Waals surface area contributed by atoms with Crippen LogP contribution in [0.2, 0.25) is 0 Å². The molecule has 336 valence electrons. The van der Waals surface area contributed by atoms with Crippen LogP contribution in [0.1, 0.15) is 194 Å². The molecule has 0 aromatic rings. The van der Waals surface area contributed by atoms with Crippen molar-refractivity contribution in [2.24, 2.45) is 0 Å². The van der Waals surface area contributed by atoms with Gasteiger partial charge in [-0.1, -0.05) is 160 Å². The Morgan fingerprint density at radius 3 is 1.54 bits per heavy atom. The van der Waals surface area contributed by atoms with Gasteiger partial charge in [0.25, 0.3) is 0 Å². The molecule has 0 spiro atoms. The van der Waals surface area contributed by atoms with Gasteiger partial charge < -0.3 is 50.5 Å². The summed E-state index contributed by atoms with van der Waals surface area (Å²) in [6, 6.07) is -1.17. The summed E-state index contributed by atoms with van der Waals surface area (Å²) in [6.07, 6.45) is 27.9. The lowest BCUT2D eigenvalue weighted by Gasteiger charge is -2.40. The van der Waals surface area contributed by atoms with Gasteiger partial charge in [0.2, 0.25) is 5.91 Å². The number of aliphatic hydroxyl groups excluding tert-OH is 7. The van der Waals surface area contributed by atoms with Crippen molar-refractivity contribution in [3.63, 3.8) is 0 Å². The molecule has 11 nitrogen and oxygen atoms in total. The number of ether oxygens (including phenoxy) is 2. The largest absolute Gasteiger partial charge is 0.394 e. The third kappa shape index (κ3) is 26.4. The second kappa shape index (κ2) is 36.4. The molecule has 0 radical (unpaired) electrons. The molecule has 1 heterocycles. The highest BCUT2D eigenvalue weighted by molar-refractivity contribution is 5.80. The van der Waals surface area contributed by atoms with Crippen molar-refractivity contribution in [1.29, 1.82) is 0 Å². The van der Waals surface area contributed by atoms with Crippen molar-refractivity contribution in [3.05, 3.63) is 24.3 Å². The number of carbonyl (C=O) groups excluding carboxylic acids is 1. The van der Waals surface area contributed by atoms with Gasteiger partial charge in [0.1, 0.15) is 36.6 Å². The number of hydrogen-bond acceptors (Lipinski definition) is 10. The van der Waals surface area contributed by atoms with E-state index in [4.69, 9.17) is 9.47 Å². The number of rotatable bonds is 38. The highest BCUT2D eigenvalue weighted by Crippen LogP contribution is 2.23. The molecule has 8 N–H and O–H groups in total. The Bertz CT molecular complexity index is 981. The number of unbranched alkanes of at least 4 members (excludes halogenated alkanes) is 22. The van der Waals surface area contributed by atoms with Gasteiger partial charge in [-0.2, -0.15) is 0 Å². The molecule has 0 aliphatic carbocycles. The van der Waals surface area contributed by atoms with Crippen LogP contribution >= 0.6 is 0 Å². The summed E-state index contributed by atoms with van der Waals surface area (Å²) in [5.41, 5.74) is 0. The lowest BCUT2D eigenvalue weighted by atomic mass is 9.98. The van der Waals surface area contributed by atoms with Gasteiger partial charge in [0.05, 0.1) is 25.4 Å². The molecule has 1 rings (SSSR count). The molecule has 57 heavy (non-hydrogen) atoms. The van der Waals surface area contributed by atoms with E-state index in [1.807, 2.05) is 0 Å². The molecule has 0 aromatic carbocycles. The van der Waals surface area contributed by atoms with Crippen molar-refractivity contribution < 1.29 is 50.0 Å². The summed E-state index contributed by atoms with van der Waals surface area (Å²) in [5.74, 6) is -0.704. The van der Waals surface area contributed by atoms with E-state index in [0.717, 1.165) is 51.4 Å². The molecular weight excluding hydrogens is 727 g/mol. The lowest BCUT2D eigenvalue weighted by Crippen LogP contribution is -2.60. The van der Waals surface area contributed by atoms with Crippen molar-refractivity contribution in [1.82, 2.24) is 5.32 Å². The minimum absolute atomic E-state index is 0.257. The highest BCUT2D eigenvalue weighted by Gasteiger charge is 2.44. The van der Waals surface area contributed by atoms with E-state index in [9.17, 15) is 40.5 Å². The van der Waals surface area contributed by atoms with Crippen molar-refractivity contribution in [2.75, 3.05) is 13.2 Å². The normalized spacial score (nSPS) is 22.3. The zero-order valence-corrected chi connectivity index (χ0v) is 36.1. The zero-order chi connectivity index (χ0) is 41.9. The number of carbonyl (C=O) groups is 1. The summed E-state index contributed by atoms with van der Waals surface area (Å²) < 4.78 is 11.1. The van der Waals surface area contributed by atoms with Crippen LogP contribution in [0.3, 0.4) is 0 Å². The number of aliphatic hydroxyl groups is 7. The summed E-state index contributed by atoms with van der Waals surface area (Å²) in [4.78, 5) is 13.1. The monoisotopic (exact) mass is 814 g/mol. The van der Waals surface area contributed by atoms with Gasteiger partial charge in [-0.3, -0.25) is 4.79 Å². The second-order valence-electron chi connectivity index (χ2n) is 16.5. The van der Waals surface area contributed by atoms with E-state index >= 15 is 0 Å². The minimum atomic E-state index is -1.66. The maximum atomic E-state index is 13.1. The van der Waals surface area contributed by atoms with Gasteiger partial charge in [-0.05, 0) is 57.8 Å². The standard InChI is InChI=1S/C46H87NO10/c1-3-5-7-9-11-13-15-17-19-20-22-24-26-28-30-32-34-39(50)45(55)47-37(36-56-46-44(54)43(53)42(52)40(35-48)57-46)41(51)38(49)33-31-29-27-25-23-21-18-16-14-12-10-8-6-4-2/h7,9,18,21,37-44,46,48-54H,3-6,8,10-17,19-20,22-36H2,1-2H3,(H,47,55). The Morgan fingerprint density at radius 1 is 0.596 bits per heavy atom. The predicted molar refractivity (Wildman–Crippen MR) is 229 cm³/mol. The lowest BCUT2D eigenvalue weighted by molar-refractivity contribution is -0.303. The molecule has 0 aromatic heterocycles. The number of amides is 1. The van der Waals surface area contributed by atoms with Crippen molar-refractivity contribution in [2.45, 2.75) is 249 Å². The third-order valence-corrected chi connectivity index (χ3v) is 11.2. The minimum Gasteiger partial charge on any atom is -0.394 e. The van der Waals surface area contributed by atoms with Gasteiger partial charge in [0.15, 0.2) is 6.29 Å². The fraction of sp³-hybridized carbons (Fsp3) is 0.891. The van der Waals surface area contributed by atoms with Gasteiger partial charge in [-0.25, -0.2) is 0 Å². The maximum absolute atomic E-state index is 13.1. The van der Waals surface area contributed by atoms with Gasteiger partial charge in [0, 0.05) is 0 Å². The average Bonchev–Trinajstić information content (AvgIpc) is 3.21. The summed E-state index contributed by atoms with van der Waals surface area (Å²) in [6.45, 7) is 3.37. The van der Waals surface area contributed by atoms with Crippen LogP contribution in [0.5, 0.6) is 0 Å². The fourth-order valence-electron chi connectivity index (χ4n) is 7.32. The molecule has 1 aliphatic heterocycles. The van der Waals surface area contributed by atoms with Crippen LogP contribution in [-0.4, -0.2) is 110 Å². The topological polar surface area (TPSA) is 189 Å². The maximum Gasteiger partial charge on any atom is 0.249 e. The van der Waals surface area contributed by atoms with E-state index in [1.165, 1.54) is 103 Å². The van der Waals surface area contributed by atoms with Crippen LogP contribution in [0.25, 0.3) is 0 Å². The molecule has 0 saturated carbocycles. The van der Waals surface area contributed by atoms with Crippen LogP contribution in [-0.2, 0) is 14.3 Å². The van der Waals surface area contributed by atoms with Crippen molar-refractivity contribution >= 4 is 5.91 Å². The van der Waals surface area contributed by atoms with Gasteiger partial charge in [-0.15, -0.1) is 0 Å². The Kier molecular flexibility index (Phi) is 34.3. The van der Waals surface area contributed by atoms with Crippen LogP contribution in [0.4, 0.5) is 0 Å². The van der Waals surface area contributed by atoms with E-state index in [-0.39, 0.29) is 6.42 Å². The first-order chi connectivity index (χ1) is 27.7. The van der Waals surface area contributed by atoms with Crippen LogP contribution in [0, 0.1) is 0 Å². The van der Waals surface area contributed by atoms with E-state index in [1.54, 1.807) is 0 Å². The SMILES string of the molecule is CCCC=CCCCCCCCCCCCCCC(O)C(=O)NC(COC1OC(CO)C(O)C(O)C1O)C(O)C(O)CCCCCCC=CCCCCCCCC. The second-order valence-corrected chi connectivity index (χ2v) is 16.5. The predicted octanol–water partition coefficient (Wildman–Crippen LogP) is 7.45. The molecule has 1 saturated heterocycles. The molecule has 1 amide bonds. The Labute approximate surface area is 346 Å². The van der Waals surface area contributed by atoms with Crippen molar-refractivity contribution in [3.8, 4) is 0 Å².